The van der Waals surface area contributed by atoms with Crippen LogP contribution < -0.4 is 9.47 Å². The zero-order valence-electron chi connectivity index (χ0n) is 12.0. The zero-order valence-corrected chi connectivity index (χ0v) is 12.0. The third kappa shape index (κ3) is 1.82. The molecule has 0 saturated carbocycles. The number of likely N-dealkylation sites (tertiary alicyclic amines) is 1. The lowest BCUT2D eigenvalue weighted by Gasteiger charge is -2.37. The van der Waals surface area contributed by atoms with E-state index >= 15 is 0 Å². The molecule has 20 heavy (non-hydrogen) atoms. The number of benzene rings is 1. The molecule has 3 aliphatic heterocycles. The van der Waals surface area contributed by atoms with Crippen LogP contribution in [-0.2, 0) is 16.9 Å². The Labute approximate surface area is 119 Å². The van der Waals surface area contributed by atoms with Gasteiger partial charge in [-0.15, -0.1) is 0 Å². The smallest absolute Gasteiger partial charge is 0.167 e. The van der Waals surface area contributed by atoms with Crippen LogP contribution in [0.2, 0.25) is 0 Å². The van der Waals surface area contributed by atoms with Crippen LogP contribution in [0.1, 0.15) is 30.4 Å². The molecule has 4 rings (SSSR count). The van der Waals surface area contributed by atoms with Gasteiger partial charge in [-0.25, -0.2) is 0 Å². The van der Waals surface area contributed by atoms with Crippen molar-refractivity contribution in [2.75, 3.05) is 33.4 Å². The Hall–Kier alpha value is -1.26. The first kappa shape index (κ1) is 12.5. The van der Waals surface area contributed by atoms with E-state index < -0.39 is 0 Å². The molecule has 108 valence electrons. The molecular formula is C16H21NO3. The standard InChI is InChI=1S/C16H21NO3/c1-17-7-5-16(6-8-17)13-3-4-14-15(12(13)11-20-16)19-10-2-9-18-14/h3-4H,2,5-11H2,1H3. The number of fused-ring (bicyclic) bond motifs is 4. The van der Waals surface area contributed by atoms with Crippen LogP contribution in [0.3, 0.4) is 0 Å². The molecule has 0 atom stereocenters. The Kier molecular flexibility index (Phi) is 2.89. The van der Waals surface area contributed by atoms with E-state index in [1.165, 1.54) is 11.1 Å². The predicted octanol–water partition coefficient (Wildman–Crippen LogP) is 2.30. The van der Waals surface area contributed by atoms with Crippen molar-refractivity contribution in [3.05, 3.63) is 23.3 Å². The maximum absolute atomic E-state index is 6.24. The van der Waals surface area contributed by atoms with Crippen LogP contribution in [0.4, 0.5) is 0 Å². The van der Waals surface area contributed by atoms with E-state index in [0.29, 0.717) is 6.61 Å². The molecule has 4 nitrogen and oxygen atoms in total. The minimum Gasteiger partial charge on any atom is -0.490 e. The zero-order chi connectivity index (χ0) is 13.6. The molecule has 3 heterocycles. The fraction of sp³-hybridized carbons (Fsp3) is 0.625. The summed E-state index contributed by atoms with van der Waals surface area (Å²) in [5.41, 5.74) is 2.45. The molecule has 0 aliphatic carbocycles. The van der Waals surface area contributed by atoms with Gasteiger partial charge in [-0.2, -0.15) is 0 Å². The van der Waals surface area contributed by atoms with Gasteiger partial charge in [-0.05, 0) is 31.5 Å². The van der Waals surface area contributed by atoms with Crippen molar-refractivity contribution >= 4 is 0 Å². The van der Waals surface area contributed by atoms with Crippen molar-refractivity contribution in [3.8, 4) is 11.5 Å². The van der Waals surface area contributed by atoms with Crippen LogP contribution >= 0.6 is 0 Å². The molecule has 0 radical (unpaired) electrons. The number of hydrogen-bond donors (Lipinski definition) is 0. The van der Waals surface area contributed by atoms with E-state index in [2.05, 4.69) is 24.1 Å². The van der Waals surface area contributed by atoms with E-state index in [4.69, 9.17) is 14.2 Å². The van der Waals surface area contributed by atoms with Gasteiger partial charge in [0.1, 0.15) is 0 Å². The van der Waals surface area contributed by atoms with Gasteiger partial charge in [-0.1, -0.05) is 6.07 Å². The molecule has 0 bridgehead atoms. The molecule has 1 saturated heterocycles. The second-order valence-electron chi connectivity index (χ2n) is 6.06. The number of hydrogen-bond acceptors (Lipinski definition) is 4. The van der Waals surface area contributed by atoms with Crippen LogP contribution in [0, 0.1) is 0 Å². The van der Waals surface area contributed by atoms with Crippen molar-refractivity contribution < 1.29 is 14.2 Å². The van der Waals surface area contributed by atoms with Crippen molar-refractivity contribution in [1.82, 2.24) is 4.90 Å². The highest BCUT2D eigenvalue weighted by molar-refractivity contribution is 5.54. The molecule has 1 spiro atoms. The molecule has 1 fully saturated rings. The van der Waals surface area contributed by atoms with Gasteiger partial charge in [0.05, 0.1) is 25.4 Å². The summed E-state index contributed by atoms with van der Waals surface area (Å²) in [7, 11) is 2.18. The third-order valence-electron chi connectivity index (χ3n) is 4.80. The van der Waals surface area contributed by atoms with E-state index in [9.17, 15) is 0 Å². The van der Waals surface area contributed by atoms with Crippen LogP contribution in [0.25, 0.3) is 0 Å². The normalized spacial score (nSPS) is 24.4. The van der Waals surface area contributed by atoms with E-state index in [1.54, 1.807) is 0 Å². The summed E-state index contributed by atoms with van der Waals surface area (Å²) in [5.74, 6) is 1.81. The Balaban J connectivity index is 1.74. The van der Waals surface area contributed by atoms with Gasteiger partial charge in [0.25, 0.3) is 0 Å². The summed E-state index contributed by atoms with van der Waals surface area (Å²) in [6, 6.07) is 4.26. The van der Waals surface area contributed by atoms with Gasteiger partial charge in [-0.3, -0.25) is 0 Å². The maximum Gasteiger partial charge on any atom is 0.167 e. The van der Waals surface area contributed by atoms with Crippen molar-refractivity contribution in [2.45, 2.75) is 31.5 Å². The largest absolute Gasteiger partial charge is 0.490 e. The molecule has 1 aromatic carbocycles. The molecule has 4 heteroatoms. The Morgan fingerprint density at radius 1 is 1.10 bits per heavy atom. The molecule has 0 unspecified atom stereocenters. The van der Waals surface area contributed by atoms with Crippen LogP contribution in [-0.4, -0.2) is 38.3 Å². The lowest BCUT2D eigenvalue weighted by molar-refractivity contribution is -0.0756. The quantitative estimate of drug-likeness (QED) is 0.727. The molecule has 3 aliphatic rings. The average molecular weight is 275 g/mol. The molecular weight excluding hydrogens is 254 g/mol. The lowest BCUT2D eigenvalue weighted by atomic mass is 9.83. The molecule has 0 aromatic heterocycles. The van der Waals surface area contributed by atoms with Gasteiger partial charge < -0.3 is 19.1 Å². The van der Waals surface area contributed by atoms with E-state index in [1.807, 2.05) is 0 Å². The summed E-state index contributed by atoms with van der Waals surface area (Å²) in [6.45, 7) is 4.31. The van der Waals surface area contributed by atoms with Gasteiger partial charge >= 0.3 is 0 Å². The van der Waals surface area contributed by atoms with Gasteiger partial charge in [0.15, 0.2) is 11.5 Å². The minimum absolute atomic E-state index is 0.0907. The van der Waals surface area contributed by atoms with Gasteiger partial charge in [0, 0.05) is 25.1 Å². The van der Waals surface area contributed by atoms with Crippen molar-refractivity contribution in [2.24, 2.45) is 0 Å². The highest BCUT2D eigenvalue weighted by Crippen LogP contribution is 2.49. The number of ether oxygens (including phenoxy) is 3. The second kappa shape index (κ2) is 4.64. The highest BCUT2D eigenvalue weighted by Gasteiger charge is 2.43. The highest BCUT2D eigenvalue weighted by atomic mass is 16.5. The summed E-state index contributed by atoms with van der Waals surface area (Å²) in [5, 5.41) is 0. The number of rotatable bonds is 0. The summed E-state index contributed by atoms with van der Waals surface area (Å²) >= 11 is 0. The SMILES string of the molecule is CN1CCC2(CC1)OCc1c2ccc2c1OCCCO2. The maximum atomic E-state index is 6.24. The molecule has 0 amide bonds. The predicted molar refractivity (Wildman–Crippen MR) is 75.2 cm³/mol. The third-order valence-corrected chi connectivity index (χ3v) is 4.80. The first-order valence-corrected chi connectivity index (χ1v) is 7.53. The Morgan fingerprint density at radius 3 is 2.75 bits per heavy atom. The van der Waals surface area contributed by atoms with E-state index in [-0.39, 0.29) is 5.60 Å². The topological polar surface area (TPSA) is 30.9 Å². The average Bonchev–Trinajstić information content (AvgIpc) is 2.67. The summed E-state index contributed by atoms with van der Waals surface area (Å²) < 4.78 is 18.0. The first-order chi connectivity index (χ1) is 9.78. The van der Waals surface area contributed by atoms with Crippen molar-refractivity contribution in [3.63, 3.8) is 0 Å². The number of nitrogens with zero attached hydrogens (tertiary/aromatic N) is 1. The van der Waals surface area contributed by atoms with Crippen LogP contribution in [0.15, 0.2) is 12.1 Å². The monoisotopic (exact) mass is 275 g/mol. The van der Waals surface area contributed by atoms with E-state index in [0.717, 1.165) is 57.1 Å². The fourth-order valence-corrected chi connectivity index (χ4v) is 3.55. The van der Waals surface area contributed by atoms with Crippen LogP contribution in [0.5, 0.6) is 11.5 Å². The van der Waals surface area contributed by atoms with Gasteiger partial charge in [0.2, 0.25) is 0 Å². The summed E-state index contributed by atoms with van der Waals surface area (Å²) in [4.78, 5) is 2.37. The fourth-order valence-electron chi connectivity index (χ4n) is 3.55. The molecule has 0 N–H and O–H groups in total. The Bertz CT molecular complexity index is 521. The first-order valence-electron chi connectivity index (χ1n) is 7.53. The second-order valence-corrected chi connectivity index (χ2v) is 6.06. The Morgan fingerprint density at radius 2 is 1.90 bits per heavy atom. The minimum atomic E-state index is -0.0907. The lowest BCUT2D eigenvalue weighted by Crippen LogP contribution is -2.40. The molecule has 1 aromatic rings. The number of piperidine rings is 1. The van der Waals surface area contributed by atoms with Crippen molar-refractivity contribution in [1.29, 1.82) is 0 Å². The summed E-state index contributed by atoms with van der Waals surface area (Å²) in [6.07, 6.45) is 3.08.